The summed E-state index contributed by atoms with van der Waals surface area (Å²) in [4.78, 5) is 24.0. The van der Waals surface area contributed by atoms with Gasteiger partial charge in [-0.3, -0.25) is 4.79 Å². The number of alkyl halides is 3. The molecule has 1 saturated carbocycles. The Hall–Kier alpha value is -2.62. The molecule has 0 spiro atoms. The summed E-state index contributed by atoms with van der Waals surface area (Å²) < 4.78 is 46.5. The van der Waals surface area contributed by atoms with E-state index in [2.05, 4.69) is 4.74 Å². The smallest absolute Gasteiger partial charge is 0.446 e. The van der Waals surface area contributed by atoms with E-state index in [1.54, 1.807) is 0 Å². The van der Waals surface area contributed by atoms with Crippen molar-refractivity contribution < 1.29 is 37.3 Å². The fraction of sp³-hybridized carbons (Fsp3) is 0.550. The van der Waals surface area contributed by atoms with Crippen LogP contribution in [0.4, 0.5) is 18.0 Å². The van der Waals surface area contributed by atoms with Crippen LogP contribution in [0.15, 0.2) is 24.3 Å². The molecule has 166 valence electrons. The quantitative estimate of drug-likeness (QED) is 0.541. The third kappa shape index (κ3) is 6.45. The van der Waals surface area contributed by atoms with Gasteiger partial charge in [-0.1, -0.05) is 31.4 Å². The highest BCUT2D eigenvalue weighted by atomic mass is 19.4. The van der Waals surface area contributed by atoms with Gasteiger partial charge in [0.05, 0.1) is 17.2 Å². The van der Waals surface area contributed by atoms with Crippen molar-refractivity contribution in [1.82, 2.24) is 0 Å². The van der Waals surface area contributed by atoms with Crippen LogP contribution in [0.5, 0.6) is 5.75 Å². The van der Waals surface area contributed by atoms with Gasteiger partial charge < -0.3 is 25.7 Å². The van der Waals surface area contributed by atoms with Crippen LogP contribution < -0.4 is 10.5 Å². The number of hydrogen-bond donors (Lipinski definition) is 3. The van der Waals surface area contributed by atoms with Gasteiger partial charge in [0.1, 0.15) is 11.9 Å². The molecule has 1 fully saturated rings. The number of carbonyl (C=O) groups is 2. The van der Waals surface area contributed by atoms with Gasteiger partial charge in [-0.25, -0.2) is 4.79 Å². The first-order valence-corrected chi connectivity index (χ1v) is 9.57. The molecule has 1 amide bonds. The third-order valence-corrected chi connectivity index (χ3v) is 5.05. The molecule has 0 bridgehead atoms. The summed E-state index contributed by atoms with van der Waals surface area (Å²) >= 11 is 0. The van der Waals surface area contributed by atoms with Gasteiger partial charge >= 0.3 is 12.5 Å². The minimum Gasteiger partial charge on any atom is -0.446 e. The summed E-state index contributed by atoms with van der Waals surface area (Å²) in [5, 5.41) is 19.4. The molecule has 1 unspecified atom stereocenters. The molecule has 2 rings (SSSR count). The maximum Gasteiger partial charge on any atom is 0.573 e. The number of nitrogens with two attached hydrogens (primary N) is 1. The first kappa shape index (κ1) is 23.7. The number of ketones is 1. The van der Waals surface area contributed by atoms with Gasteiger partial charge in [-0.15, -0.1) is 13.2 Å². The molecule has 1 aliphatic rings. The summed E-state index contributed by atoms with van der Waals surface area (Å²) in [6.45, 7) is 1.45. The van der Waals surface area contributed by atoms with Gasteiger partial charge in [0, 0.05) is 6.42 Å². The Morgan fingerprint density at radius 1 is 1.27 bits per heavy atom. The first-order valence-electron chi connectivity index (χ1n) is 9.57. The van der Waals surface area contributed by atoms with E-state index in [9.17, 15) is 27.9 Å². The number of amides is 1. The topological polar surface area (TPSA) is 123 Å². The fourth-order valence-electron chi connectivity index (χ4n) is 3.85. The number of primary amides is 1. The highest BCUT2D eigenvalue weighted by Crippen LogP contribution is 2.42. The maximum atomic E-state index is 13.1. The summed E-state index contributed by atoms with van der Waals surface area (Å²) in [7, 11) is 0. The minimum atomic E-state index is -4.91. The van der Waals surface area contributed by atoms with Crippen LogP contribution in [0.1, 0.15) is 56.9 Å². The number of aliphatic hydroxyl groups is 1. The molecule has 1 aromatic rings. The Balaban J connectivity index is 2.36. The van der Waals surface area contributed by atoms with Crippen LogP contribution in [-0.4, -0.2) is 40.8 Å². The molecule has 0 aromatic heterocycles. The molecule has 1 aromatic carbocycles. The largest absolute Gasteiger partial charge is 0.573 e. The summed E-state index contributed by atoms with van der Waals surface area (Å²) in [6, 6.07) is 4.87. The van der Waals surface area contributed by atoms with Crippen molar-refractivity contribution in [3.05, 3.63) is 29.8 Å². The van der Waals surface area contributed by atoms with Crippen molar-refractivity contribution in [2.45, 2.75) is 69.4 Å². The Morgan fingerprint density at radius 2 is 1.90 bits per heavy atom. The van der Waals surface area contributed by atoms with Gasteiger partial charge in [0.15, 0.2) is 5.78 Å². The molecule has 0 aliphatic heterocycles. The molecule has 1 aliphatic carbocycles. The molecule has 10 heteroatoms. The van der Waals surface area contributed by atoms with Crippen LogP contribution in [0.3, 0.4) is 0 Å². The van der Waals surface area contributed by atoms with E-state index in [1.165, 1.54) is 19.1 Å². The predicted octanol–water partition coefficient (Wildman–Crippen LogP) is 3.83. The maximum absolute atomic E-state index is 13.1. The Bertz CT molecular complexity index is 791. The number of benzene rings is 1. The highest BCUT2D eigenvalue weighted by Gasteiger charge is 2.44. The lowest BCUT2D eigenvalue weighted by atomic mass is 9.70. The normalized spacial score (nSPS) is 18.2. The summed E-state index contributed by atoms with van der Waals surface area (Å²) in [5.74, 6) is -2.51. The van der Waals surface area contributed by atoms with Crippen LogP contribution >= 0.6 is 0 Å². The number of halogens is 3. The van der Waals surface area contributed by atoms with Crippen molar-refractivity contribution in [2.24, 2.45) is 5.73 Å². The fourth-order valence-corrected chi connectivity index (χ4v) is 3.85. The number of hydrogen-bond acceptors (Lipinski definition) is 6. The number of ether oxygens (including phenoxy) is 2. The average molecular weight is 430 g/mol. The van der Waals surface area contributed by atoms with Crippen molar-refractivity contribution in [3.63, 3.8) is 0 Å². The summed E-state index contributed by atoms with van der Waals surface area (Å²) in [5.41, 5.74) is 3.13. The molecule has 4 N–H and O–H groups in total. The van der Waals surface area contributed by atoms with Gasteiger partial charge in [-0.2, -0.15) is 0 Å². The molecular formula is C20H25F3N2O5. The monoisotopic (exact) mass is 430 g/mol. The number of nitrogens with one attached hydrogen (secondary N) is 1. The van der Waals surface area contributed by atoms with Gasteiger partial charge in [0.2, 0.25) is 0 Å². The summed E-state index contributed by atoms with van der Waals surface area (Å²) in [6.07, 6.45) is -4.35. The molecule has 0 heterocycles. The van der Waals surface area contributed by atoms with Crippen LogP contribution in [0.2, 0.25) is 0 Å². The predicted molar refractivity (Wildman–Crippen MR) is 101 cm³/mol. The number of rotatable bonds is 8. The van der Waals surface area contributed by atoms with E-state index < -0.39 is 47.3 Å². The lowest BCUT2D eigenvalue weighted by Crippen LogP contribution is -2.44. The van der Waals surface area contributed by atoms with Gasteiger partial charge in [-0.05, 0) is 37.5 Å². The number of Topliss-reactive ketones (excluding diaryl/α,β-unsaturated/α-hetero) is 1. The minimum absolute atomic E-state index is 0.124. The van der Waals surface area contributed by atoms with E-state index in [-0.39, 0.29) is 24.8 Å². The molecule has 7 nitrogen and oxygen atoms in total. The number of carbonyl (C=O) groups excluding carboxylic acids is 2. The zero-order valence-corrected chi connectivity index (χ0v) is 16.5. The first-order chi connectivity index (χ1) is 13.9. The second kappa shape index (κ2) is 9.46. The molecule has 2 atom stereocenters. The van der Waals surface area contributed by atoms with E-state index in [0.29, 0.717) is 12.8 Å². The van der Waals surface area contributed by atoms with Crippen LogP contribution in [0.25, 0.3) is 0 Å². The highest BCUT2D eigenvalue weighted by molar-refractivity contribution is 6.41. The Labute approximate surface area is 171 Å². The van der Waals surface area contributed by atoms with E-state index in [0.717, 1.165) is 18.6 Å². The molecule has 0 radical (unpaired) electrons. The van der Waals surface area contributed by atoms with Gasteiger partial charge in [0.25, 0.3) is 0 Å². The second-order valence-electron chi connectivity index (χ2n) is 7.51. The lowest BCUT2D eigenvalue weighted by Gasteiger charge is -2.39. The van der Waals surface area contributed by atoms with E-state index in [4.69, 9.17) is 15.9 Å². The Kier molecular flexibility index (Phi) is 7.46. The van der Waals surface area contributed by atoms with Crippen LogP contribution in [-0.2, 0) is 9.53 Å². The average Bonchev–Trinajstić information content (AvgIpc) is 2.60. The molecule has 0 saturated heterocycles. The molecule has 30 heavy (non-hydrogen) atoms. The van der Waals surface area contributed by atoms with E-state index >= 15 is 0 Å². The second-order valence-corrected chi connectivity index (χ2v) is 7.51. The zero-order chi connectivity index (χ0) is 22.5. The third-order valence-electron chi connectivity index (χ3n) is 5.05. The zero-order valence-electron chi connectivity index (χ0n) is 16.5. The van der Waals surface area contributed by atoms with Crippen molar-refractivity contribution in [2.75, 3.05) is 0 Å². The SMILES string of the molecule is C[C@H](CC(=N)C(=O)C(c1cccc(OC(F)(F)F)c1)C1(O)CCCCC1)OC(N)=O. The van der Waals surface area contributed by atoms with Crippen molar-refractivity contribution in [1.29, 1.82) is 5.41 Å². The van der Waals surface area contributed by atoms with Crippen molar-refractivity contribution in [3.8, 4) is 5.75 Å². The molecular weight excluding hydrogens is 405 g/mol. The van der Waals surface area contributed by atoms with Crippen LogP contribution in [0, 0.1) is 5.41 Å². The lowest BCUT2D eigenvalue weighted by molar-refractivity contribution is -0.274. The van der Waals surface area contributed by atoms with Crippen molar-refractivity contribution >= 4 is 17.6 Å². The van der Waals surface area contributed by atoms with E-state index in [1.807, 2.05) is 0 Å². The standard InChI is InChI=1S/C20H25F3N2O5/c1-12(29-18(25)27)10-15(24)17(26)16(19(28)8-3-2-4-9-19)13-6-5-7-14(11-13)30-20(21,22)23/h5-7,11-12,16,24,28H,2-4,8-10H2,1H3,(H2,25,27)/t12-,16?/m1/s1. The Morgan fingerprint density at radius 3 is 2.47 bits per heavy atom.